The average Bonchev–Trinajstić information content (AvgIpc) is 2.03. The van der Waals surface area contributed by atoms with Crippen molar-refractivity contribution in [2.75, 3.05) is 13.2 Å². The SMILES string of the molecule is CCCCOC(=O)C(=O)CO. The molecular formula is C7H12O4. The molecule has 4 heteroatoms. The van der Waals surface area contributed by atoms with Gasteiger partial charge in [-0.1, -0.05) is 13.3 Å². The lowest BCUT2D eigenvalue weighted by Crippen LogP contribution is -2.20. The van der Waals surface area contributed by atoms with Gasteiger partial charge in [-0.25, -0.2) is 4.79 Å². The molecule has 0 aliphatic heterocycles. The highest BCUT2D eigenvalue weighted by molar-refractivity contribution is 6.34. The Kier molecular flexibility index (Phi) is 5.37. The molecule has 0 fully saturated rings. The van der Waals surface area contributed by atoms with E-state index in [1.54, 1.807) is 0 Å². The van der Waals surface area contributed by atoms with Crippen molar-refractivity contribution in [3.8, 4) is 0 Å². The fraction of sp³-hybridized carbons (Fsp3) is 0.714. The van der Waals surface area contributed by atoms with E-state index in [-0.39, 0.29) is 6.61 Å². The molecule has 0 atom stereocenters. The highest BCUT2D eigenvalue weighted by Gasteiger charge is 2.12. The number of esters is 1. The first kappa shape index (κ1) is 10.1. The Morgan fingerprint density at radius 2 is 2.09 bits per heavy atom. The van der Waals surface area contributed by atoms with Crippen molar-refractivity contribution < 1.29 is 19.4 Å². The van der Waals surface area contributed by atoms with Gasteiger partial charge in [0.2, 0.25) is 0 Å². The average molecular weight is 160 g/mol. The lowest BCUT2D eigenvalue weighted by Gasteiger charge is -1.99. The molecular weight excluding hydrogens is 148 g/mol. The van der Waals surface area contributed by atoms with Crippen LogP contribution in [-0.2, 0) is 14.3 Å². The van der Waals surface area contributed by atoms with E-state index in [0.29, 0.717) is 0 Å². The molecule has 0 saturated carbocycles. The third-order valence-corrected chi connectivity index (χ3v) is 1.10. The second-order valence-electron chi connectivity index (χ2n) is 2.07. The molecule has 0 rings (SSSR count). The van der Waals surface area contributed by atoms with Gasteiger partial charge in [-0.2, -0.15) is 0 Å². The summed E-state index contributed by atoms with van der Waals surface area (Å²) in [5, 5.41) is 8.21. The summed E-state index contributed by atoms with van der Waals surface area (Å²) < 4.78 is 4.49. The fourth-order valence-electron chi connectivity index (χ4n) is 0.454. The minimum atomic E-state index is -0.944. The molecule has 0 amide bonds. The van der Waals surface area contributed by atoms with Gasteiger partial charge in [-0.05, 0) is 6.42 Å². The summed E-state index contributed by atoms with van der Waals surface area (Å²) in [4.78, 5) is 20.9. The number of aliphatic hydroxyl groups excluding tert-OH is 1. The van der Waals surface area contributed by atoms with Crippen LogP contribution in [0.4, 0.5) is 0 Å². The maximum Gasteiger partial charge on any atom is 0.377 e. The number of carbonyl (C=O) groups is 2. The summed E-state index contributed by atoms with van der Waals surface area (Å²) in [6.45, 7) is 1.42. The van der Waals surface area contributed by atoms with Crippen LogP contribution in [0.2, 0.25) is 0 Å². The minimum absolute atomic E-state index is 0.251. The van der Waals surface area contributed by atoms with Crippen molar-refractivity contribution >= 4 is 11.8 Å². The topological polar surface area (TPSA) is 63.6 Å². The van der Waals surface area contributed by atoms with Crippen LogP contribution >= 0.6 is 0 Å². The second kappa shape index (κ2) is 5.85. The monoisotopic (exact) mass is 160 g/mol. The quantitative estimate of drug-likeness (QED) is 0.346. The van der Waals surface area contributed by atoms with Crippen LogP contribution in [0.15, 0.2) is 0 Å². The maximum absolute atomic E-state index is 10.5. The van der Waals surface area contributed by atoms with Gasteiger partial charge in [-0.15, -0.1) is 0 Å². The molecule has 0 radical (unpaired) electrons. The predicted octanol–water partition coefficient (Wildman–Crippen LogP) is -0.109. The smallest absolute Gasteiger partial charge is 0.377 e. The molecule has 0 saturated heterocycles. The van der Waals surface area contributed by atoms with E-state index < -0.39 is 18.4 Å². The zero-order valence-electron chi connectivity index (χ0n) is 6.50. The van der Waals surface area contributed by atoms with E-state index in [1.165, 1.54) is 0 Å². The van der Waals surface area contributed by atoms with E-state index in [1.807, 2.05) is 6.92 Å². The number of aliphatic hydroxyl groups is 1. The largest absolute Gasteiger partial charge is 0.460 e. The van der Waals surface area contributed by atoms with Gasteiger partial charge in [0.1, 0.15) is 6.61 Å². The van der Waals surface area contributed by atoms with E-state index in [9.17, 15) is 9.59 Å². The van der Waals surface area contributed by atoms with Crippen molar-refractivity contribution in [1.82, 2.24) is 0 Å². The van der Waals surface area contributed by atoms with Gasteiger partial charge in [-0.3, -0.25) is 4.79 Å². The van der Waals surface area contributed by atoms with Gasteiger partial charge >= 0.3 is 5.97 Å². The summed E-state index contributed by atoms with van der Waals surface area (Å²) in [7, 11) is 0. The first-order chi connectivity index (χ1) is 5.22. The van der Waals surface area contributed by atoms with Crippen LogP contribution in [0.5, 0.6) is 0 Å². The van der Waals surface area contributed by atoms with Crippen LogP contribution in [-0.4, -0.2) is 30.1 Å². The van der Waals surface area contributed by atoms with Crippen molar-refractivity contribution in [2.24, 2.45) is 0 Å². The molecule has 0 unspecified atom stereocenters. The van der Waals surface area contributed by atoms with Gasteiger partial charge in [0, 0.05) is 0 Å². The van der Waals surface area contributed by atoms with E-state index >= 15 is 0 Å². The van der Waals surface area contributed by atoms with Crippen LogP contribution in [0, 0.1) is 0 Å². The number of carbonyl (C=O) groups excluding carboxylic acids is 2. The molecule has 64 valence electrons. The van der Waals surface area contributed by atoms with Crippen molar-refractivity contribution in [2.45, 2.75) is 19.8 Å². The molecule has 0 spiro atoms. The Balaban J connectivity index is 3.44. The molecule has 11 heavy (non-hydrogen) atoms. The Morgan fingerprint density at radius 3 is 2.55 bits per heavy atom. The molecule has 0 aromatic heterocycles. The third kappa shape index (κ3) is 4.50. The molecule has 0 aliphatic carbocycles. The zero-order valence-corrected chi connectivity index (χ0v) is 6.50. The molecule has 0 aromatic rings. The molecule has 4 nitrogen and oxygen atoms in total. The van der Waals surface area contributed by atoms with Crippen LogP contribution in [0.1, 0.15) is 19.8 Å². The van der Waals surface area contributed by atoms with E-state index in [4.69, 9.17) is 5.11 Å². The van der Waals surface area contributed by atoms with Gasteiger partial charge in [0.25, 0.3) is 5.78 Å². The van der Waals surface area contributed by atoms with Crippen LogP contribution < -0.4 is 0 Å². The standard InChI is InChI=1S/C7H12O4/c1-2-3-4-11-7(10)6(9)5-8/h8H,2-5H2,1H3. The summed E-state index contributed by atoms with van der Waals surface area (Å²) in [5.41, 5.74) is 0. The summed E-state index contributed by atoms with van der Waals surface area (Å²) in [6.07, 6.45) is 1.64. The first-order valence-corrected chi connectivity index (χ1v) is 3.53. The highest BCUT2D eigenvalue weighted by atomic mass is 16.5. The molecule has 0 bridgehead atoms. The molecule has 0 heterocycles. The number of hydrogen-bond acceptors (Lipinski definition) is 4. The maximum atomic E-state index is 10.5. The molecule has 0 aromatic carbocycles. The highest BCUT2D eigenvalue weighted by Crippen LogP contribution is 1.88. The third-order valence-electron chi connectivity index (χ3n) is 1.10. The number of ether oxygens (including phenoxy) is 1. The number of ketones is 1. The van der Waals surface area contributed by atoms with E-state index in [0.717, 1.165) is 12.8 Å². The van der Waals surface area contributed by atoms with Gasteiger partial charge < -0.3 is 9.84 Å². The van der Waals surface area contributed by atoms with Crippen LogP contribution in [0.3, 0.4) is 0 Å². The summed E-state index contributed by atoms with van der Waals surface area (Å²) in [5.74, 6) is -1.83. The lowest BCUT2D eigenvalue weighted by molar-refractivity contribution is -0.155. The van der Waals surface area contributed by atoms with Crippen molar-refractivity contribution in [3.63, 3.8) is 0 Å². The Bertz CT molecular complexity index is 141. The Hall–Kier alpha value is -0.900. The number of Topliss-reactive ketones (excluding diaryl/α,β-unsaturated/α-hetero) is 1. The lowest BCUT2D eigenvalue weighted by atomic mass is 10.3. The molecule has 1 N–H and O–H groups in total. The normalized spacial score (nSPS) is 9.27. The number of rotatable bonds is 5. The zero-order chi connectivity index (χ0) is 8.69. The Labute approximate surface area is 65.2 Å². The van der Waals surface area contributed by atoms with Crippen molar-refractivity contribution in [1.29, 1.82) is 0 Å². The number of hydrogen-bond donors (Lipinski definition) is 1. The van der Waals surface area contributed by atoms with Crippen molar-refractivity contribution in [3.05, 3.63) is 0 Å². The first-order valence-electron chi connectivity index (χ1n) is 3.53. The van der Waals surface area contributed by atoms with Gasteiger partial charge in [0.15, 0.2) is 0 Å². The minimum Gasteiger partial charge on any atom is -0.460 e. The second-order valence-corrected chi connectivity index (χ2v) is 2.07. The summed E-state index contributed by atoms with van der Waals surface area (Å²) in [6, 6.07) is 0. The molecule has 0 aliphatic rings. The summed E-state index contributed by atoms with van der Waals surface area (Å²) >= 11 is 0. The van der Waals surface area contributed by atoms with Crippen LogP contribution in [0.25, 0.3) is 0 Å². The van der Waals surface area contributed by atoms with E-state index in [2.05, 4.69) is 4.74 Å². The fourth-order valence-corrected chi connectivity index (χ4v) is 0.454. The number of unbranched alkanes of at least 4 members (excludes halogenated alkanes) is 1. The Morgan fingerprint density at radius 1 is 1.45 bits per heavy atom. The predicted molar refractivity (Wildman–Crippen MR) is 38.0 cm³/mol. The van der Waals surface area contributed by atoms with Gasteiger partial charge in [0.05, 0.1) is 6.61 Å².